The summed E-state index contributed by atoms with van der Waals surface area (Å²) in [7, 11) is 0. The first-order valence-electron chi connectivity index (χ1n) is 6.27. The number of carbonyl (C=O) groups is 2. The number of imide groups is 1. The van der Waals surface area contributed by atoms with Crippen molar-refractivity contribution in [1.29, 1.82) is 0 Å². The fourth-order valence-electron chi connectivity index (χ4n) is 2.04. The van der Waals surface area contributed by atoms with E-state index in [0.29, 0.717) is 5.69 Å². The highest BCUT2D eigenvalue weighted by Crippen LogP contribution is 2.32. The Kier molecular flexibility index (Phi) is 3.98. The van der Waals surface area contributed by atoms with Gasteiger partial charge in [0.1, 0.15) is 0 Å². The van der Waals surface area contributed by atoms with Gasteiger partial charge in [-0.15, -0.1) is 0 Å². The van der Waals surface area contributed by atoms with Gasteiger partial charge in [0, 0.05) is 10.2 Å². The Labute approximate surface area is 134 Å². The van der Waals surface area contributed by atoms with E-state index in [1.54, 1.807) is 24.3 Å². The second-order valence-corrected chi connectivity index (χ2v) is 6.40. The lowest BCUT2D eigenvalue weighted by molar-refractivity contribution is -0.116. The molecule has 0 radical (unpaired) electrons. The molecule has 0 aromatic heterocycles. The highest BCUT2D eigenvalue weighted by atomic mass is 79.9. The third kappa shape index (κ3) is 2.96. The predicted octanol–water partition coefficient (Wildman–Crippen LogP) is 4.09. The highest BCUT2D eigenvalue weighted by Gasteiger charge is 2.40. The van der Waals surface area contributed by atoms with Crippen LogP contribution in [0.25, 0.3) is 0 Å². The van der Waals surface area contributed by atoms with Crippen molar-refractivity contribution in [2.75, 3.05) is 10.2 Å². The lowest BCUT2D eigenvalue weighted by Gasteiger charge is -2.14. The van der Waals surface area contributed by atoms with Crippen LogP contribution in [-0.2, 0) is 4.79 Å². The van der Waals surface area contributed by atoms with Crippen LogP contribution in [0.2, 0.25) is 0 Å². The van der Waals surface area contributed by atoms with E-state index >= 15 is 0 Å². The molecule has 1 fully saturated rings. The zero-order valence-corrected chi connectivity index (χ0v) is 13.2. The van der Waals surface area contributed by atoms with Gasteiger partial charge in [0.2, 0.25) is 0 Å². The van der Waals surface area contributed by atoms with Crippen LogP contribution in [0, 0.1) is 0 Å². The molecule has 1 saturated heterocycles. The SMILES string of the molecule is O=C1S[C@H](Nc2cccc(Br)c2)C(=O)N1c1ccccc1. The molecule has 0 spiro atoms. The topological polar surface area (TPSA) is 49.4 Å². The molecule has 4 nitrogen and oxygen atoms in total. The Hall–Kier alpha value is -1.79. The van der Waals surface area contributed by atoms with Gasteiger partial charge in [-0.1, -0.05) is 40.2 Å². The second kappa shape index (κ2) is 5.91. The quantitative estimate of drug-likeness (QED) is 0.893. The van der Waals surface area contributed by atoms with Crippen molar-refractivity contribution in [2.24, 2.45) is 0 Å². The Morgan fingerprint density at radius 1 is 1.05 bits per heavy atom. The number of para-hydroxylation sites is 1. The summed E-state index contributed by atoms with van der Waals surface area (Å²) in [6, 6.07) is 16.4. The minimum atomic E-state index is -0.605. The second-order valence-electron chi connectivity index (χ2n) is 4.43. The molecule has 2 aromatic carbocycles. The molecule has 0 unspecified atom stereocenters. The zero-order chi connectivity index (χ0) is 14.8. The van der Waals surface area contributed by atoms with E-state index in [4.69, 9.17) is 0 Å². The molecule has 0 saturated carbocycles. The maximum atomic E-state index is 12.4. The average Bonchev–Trinajstić information content (AvgIpc) is 2.74. The van der Waals surface area contributed by atoms with E-state index in [1.807, 2.05) is 30.3 Å². The fraction of sp³-hybridized carbons (Fsp3) is 0.0667. The number of hydrogen-bond donors (Lipinski definition) is 1. The number of halogens is 1. The van der Waals surface area contributed by atoms with Crippen LogP contribution in [0.4, 0.5) is 16.2 Å². The van der Waals surface area contributed by atoms with Crippen molar-refractivity contribution < 1.29 is 9.59 Å². The molecule has 1 aliphatic heterocycles. The van der Waals surface area contributed by atoms with Crippen molar-refractivity contribution in [2.45, 2.75) is 5.37 Å². The first kappa shape index (κ1) is 14.2. The number of anilines is 2. The number of thioether (sulfide) groups is 1. The molecule has 2 amide bonds. The van der Waals surface area contributed by atoms with Crippen molar-refractivity contribution >= 4 is 50.2 Å². The molecule has 2 aromatic rings. The Balaban J connectivity index is 1.81. The normalized spacial score (nSPS) is 18.1. The van der Waals surface area contributed by atoms with E-state index in [2.05, 4.69) is 21.2 Å². The fourth-order valence-corrected chi connectivity index (χ4v) is 3.34. The van der Waals surface area contributed by atoms with E-state index in [9.17, 15) is 9.59 Å². The van der Waals surface area contributed by atoms with Gasteiger partial charge in [-0.3, -0.25) is 9.59 Å². The first-order chi connectivity index (χ1) is 10.1. The van der Waals surface area contributed by atoms with Crippen molar-refractivity contribution in [3.8, 4) is 0 Å². The largest absolute Gasteiger partial charge is 0.365 e. The van der Waals surface area contributed by atoms with Crippen LogP contribution in [0.3, 0.4) is 0 Å². The lowest BCUT2D eigenvalue weighted by Crippen LogP contribution is -2.34. The summed E-state index contributed by atoms with van der Waals surface area (Å²) in [4.78, 5) is 25.7. The lowest BCUT2D eigenvalue weighted by atomic mass is 10.3. The van der Waals surface area contributed by atoms with Crippen LogP contribution >= 0.6 is 27.7 Å². The Bertz CT molecular complexity index is 693. The van der Waals surface area contributed by atoms with E-state index in [1.165, 1.54) is 4.90 Å². The summed E-state index contributed by atoms with van der Waals surface area (Å²) in [5.41, 5.74) is 1.39. The molecule has 3 rings (SSSR count). The van der Waals surface area contributed by atoms with E-state index in [0.717, 1.165) is 21.9 Å². The van der Waals surface area contributed by atoms with Crippen LogP contribution in [-0.4, -0.2) is 16.5 Å². The van der Waals surface area contributed by atoms with Gasteiger partial charge in [-0.2, -0.15) is 0 Å². The summed E-state index contributed by atoms with van der Waals surface area (Å²) in [6.45, 7) is 0. The minimum absolute atomic E-state index is 0.254. The van der Waals surface area contributed by atoms with Gasteiger partial charge in [0.05, 0.1) is 5.69 Å². The maximum Gasteiger partial charge on any atom is 0.295 e. The van der Waals surface area contributed by atoms with Gasteiger partial charge in [0.15, 0.2) is 5.37 Å². The summed E-state index contributed by atoms with van der Waals surface area (Å²) >= 11 is 4.37. The number of benzene rings is 2. The monoisotopic (exact) mass is 362 g/mol. The van der Waals surface area contributed by atoms with E-state index in [-0.39, 0.29) is 11.1 Å². The number of carbonyl (C=O) groups excluding carboxylic acids is 2. The summed E-state index contributed by atoms with van der Waals surface area (Å²) in [6.07, 6.45) is 0. The summed E-state index contributed by atoms with van der Waals surface area (Å²) in [5, 5.41) is 2.21. The molecule has 0 aliphatic carbocycles. The molecule has 106 valence electrons. The molecule has 1 heterocycles. The zero-order valence-electron chi connectivity index (χ0n) is 10.8. The number of nitrogens with zero attached hydrogens (tertiary/aromatic N) is 1. The van der Waals surface area contributed by atoms with Gasteiger partial charge < -0.3 is 5.32 Å². The van der Waals surface area contributed by atoms with Crippen molar-refractivity contribution in [3.05, 3.63) is 59.1 Å². The highest BCUT2D eigenvalue weighted by molar-refractivity contribution is 9.10. The van der Waals surface area contributed by atoms with Crippen LogP contribution < -0.4 is 10.2 Å². The number of nitrogens with one attached hydrogen (secondary N) is 1. The van der Waals surface area contributed by atoms with E-state index < -0.39 is 5.37 Å². The predicted molar refractivity (Wildman–Crippen MR) is 88.5 cm³/mol. The third-order valence-corrected chi connectivity index (χ3v) is 4.42. The molecular weight excluding hydrogens is 352 g/mol. The maximum absolute atomic E-state index is 12.4. The number of rotatable bonds is 3. The molecule has 0 bridgehead atoms. The minimum Gasteiger partial charge on any atom is -0.365 e. The number of hydrogen-bond acceptors (Lipinski definition) is 4. The van der Waals surface area contributed by atoms with Crippen LogP contribution in [0.15, 0.2) is 59.1 Å². The van der Waals surface area contributed by atoms with Gasteiger partial charge >= 0.3 is 0 Å². The molecule has 6 heteroatoms. The van der Waals surface area contributed by atoms with Gasteiger partial charge in [0.25, 0.3) is 11.1 Å². The Morgan fingerprint density at radius 3 is 2.52 bits per heavy atom. The molecule has 21 heavy (non-hydrogen) atoms. The molecule has 1 N–H and O–H groups in total. The molecular formula is C15H11BrN2O2S. The van der Waals surface area contributed by atoms with Crippen LogP contribution in [0.1, 0.15) is 0 Å². The Morgan fingerprint density at radius 2 is 1.81 bits per heavy atom. The standard InChI is InChI=1S/C15H11BrN2O2S/c16-10-5-4-6-11(9-10)17-13-14(19)18(15(20)21-13)12-7-2-1-3-8-12/h1-9,13,17H/t13-/m0/s1. The molecule has 1 atom stereocenters. The third-order valence-electron chi connectivity index (χ3n) is 2.98. The number of amides is 2. The summed E-state index contributed by atoms with van der Waals surface area (Å²) < 4.78 is 0.911. The first-order valence-corrected chi connectivity index (χ1v) is 7.94. The average molecular weight is 363 g/mol. The van der Waals surface area contributed by atoms with Crippen molar-refractivity contribution in [3.63, 3.8) is 0 Å². The smallest absolute Gasteiger partial charge is 0.295 e. The van der Waals surface area contributed by atoms with Crippen molar-refractivity contribution in [1.82, 2.24) is 0 Å². The van der Waals surface area contributed by atoms with Gasteiger partial charge in [-0.05, 0) is 42.1 Å². The molecule has 1 aliphatic rings. The summed E-state index contributed by atoms with van der Waals surface area (Å²) in [5.74, 6) is -0.254. The van der Waals surface area contributed by atoms with Crippen LogP contribution in [0.5, 0.6) is 0 Å². The van der Waals surface area contributed by atoms with Gasteiger partial charge in [-0.25, -0.2) is 4.90 Å².